The molecule has 0 aliphatic carbocycles. The Balaban J connectivity index is 3.38. The summed E-state index contributed by atoms with van der Waals surface area (Å²) in [6.45, 7) is 0. The van der Waals surface area contributed by atoms with E-state index in [1.807, 2.05) is 0 Å². The highest BCUT2D eigenvalue weighted by Crippen LogP contribution is 2.30. The minimum absolute atomic E-state index is 0.596. The van der Waals surface area contributed by atoms with Crippen LogP contribution in [0.4, 0.5) is 14.5 Å². The van der Waals surface area contributed by atoms with Gasteiger partial charge in [0.1, 0.15) is 0 Å². The van der Waals surface area contributed by atoms with Crippen molar-refractivity contribution in [3.63, 3.8) is 0 Å². The SMILES string of the molecule is COc1c([N+](=O)[O-])ccc(F)c1F. The van der Waals surface area contributed by atoms with Gasteiger partial charge in [-0.2, -0.15) is 4.39 Å². The summed E-state index contributed by atoms with van der Waals surface area (Å²) < 4.78 is 29.7. The normalized spacial score (nSPS) is 9.77. The molecular weight excluding hydrogens is 184 g/mol. The molecule has 13 heavy (non-hydrogen) atoms. The molecule has 0 atom stereocenters. The van der Waals surface area contributed by atoms with Crippen LogP contribution in [0.2, 0.25) is 0 Å². The molecule has 0 heterocycles. The number of nitrogens with zero attached hydrogens (tertiary/aromatic N) is 1. The van der Waals surface area contributed by atoms with Crippen LogP contribution in [0.5, 0.6) is 5.75 Å². The minimum Gasteiger partial charge on any atom is -0.488 e. The summed E-state index contributed by atoms with van der Waals surface area (Å²) in [6, 6.07) is 1.52. The molecule has 0 unspecified atom stereocenters. The number of halogens is 2. The molecule has 70 valence electrons. The summed E-state index contributed by atoms with van der Waals surface area (Å²) in [5.74, 6) is -3.22. The van der Waals surface area contributed by atoms with Gasteiger partial charge < -0.3 is 4.74 Å². The van der Waals surface area contributed by atoms with Crippen molar-refractivity contribution < 1.29 is 18.4 Å². The number of hydrogen-bond donors (Lipinski definition) is 0. The average molecular weight is 189 g/mol. The van der Waals surface area contributed by atoms with Gasteiger partial charge in [-0.15, -0.1) is 0 Å². The van der Waals surface area contributed by atoms with Crippen molar-refractivity contribution in [2.75, 3.05) is 7.11 Å². The molecule has 0 saturated heterocycles. The third-order valence-corrected chi connectivity index (χ3v) is 1.43. The lowest BCUT2D eigenvalue weighted by molar-refractivity contribution is -0.386. The van der Waals surface area contributed by atoms with E-state index in [0.29, 0.717) is 6.07 Å². The summed E-state index contributed by atoms with van der Waals surface area (Å²) >= 11 is 0. The van der Waals surface area contributed by atoms with Gasteiger partial charge in [0.05, 0.1) is 12.0 Å². The zero-order chi connectivity index (χ0) is 10.0. The summed E-state index contributed by atoms with van der Waals surface area (Å²) in [4.78, 5) is 9.43. The average Bonchev–Trinajstić information content (AvgIpc) is 2.09. The fourth-order valence-electron chi connectivity index (χ4n) is 0.860. The molecule has 0 aromatic heterocycles. The Kier molecular flexibility index (Phi) is 2.41. The standard InChI is InChI=1S/C7H5F2NO3/c1-13-7-5(10(11)12)3-2-4(8)6(7)9/h2-3H,1H3. The van der Waals surface area contributed by atoms with E-state index in [0.717, 1.165) is 13.2 Å². The van der Waals surface area contributed by atoms with E-state index < -0.39 is 28.0 Å². The Labute approximate surface area is 71.9 Å². The smallest absolute Gasteiger partial charge is 0.314 e. The van der Waals surface area contributed by atoms with Gasteiger partial charge in [-0.25, -0.2) is 4.39 Å². The van der Waals surface area contributed by atoms with Gasteiger partial charge >= 0.3 is 5.69 Å². The first-order valence-corrected chi connectivity index (χ1v) is 3.24. The molecule has 6 heteroatoms. The van der Waals surface area contributed by atoms with Crippen LogP contribution in [-0.4, -0.2) is 12.0 Å². The highest BCUT2D eigenvalue weighted by molar-refractivity contribution is 5.47. The van der Waals surface area contributed by atoms with Gasteiger partial charge in [-0.1, -0.05) is 0 Å². The van der Waals surface area contributed by atoms with Crippen molar-refractivity contribution in [1.29, 1.82) is 0 Å². The van der Waals surface area contributed by atoms with E-state index in [4.69, 9.17) is 0 Å². The summed E-state index contributed by atoms with van der Waals surface area (Å²) in [7, 11) is 1.03. The fraction of sp³-hybridized carbons (Fsp3) is 0.143. The van der Waals surface area contributed by atoms with Crippen LogP contribution in [0.15, 0.2) is 12.1 Å². The number of rotatable bonds is 2. The molecule has 0 radical (unpaired) electrons. The number of methoxy groups -OCH3 is 1. The highest BCUT2D eigenvalue weighted by atomic mass is 19.2. The van der Waals surface area contributed by atoms with Crippen molar-refractivity contribution in [3.8, 4) is 5.75 Å². The fourth-order valence-corrected chi connectivity index (χ4v) is 0.860. The molecule has 4 nitrogen and oxygen atoms in total. The van der Waals surface area contributed by atoms with Crippen molar-refractivity contribution in [3.05, 3.63) is 33.9 Å². The maximum absolute atomic E-state index is 12.8. The molecule has 1 aromatic rings. The summed E-state index contributed by atoms with van der Waals surface area (Å²) in [6.07, 6.45) is 0. The van der Waals surface area contributed by atoms with E-state index >= 15 is 0 Å². The highest BCUT2D eigenvalue weighted by Gasteiger charge is 2.21. The second-order valence-corrected chi connectivity index (χ2v) is 2.17. The molecule has 0 N–H and O–H groups in total. The van der Waals surface area contributed by atoms with E-state index in [9.17, 15) is 18.9 Å². The molecule has 1 rings (SSSR count). The van der Waals surface area contributed by atoms with Crippen molar-refractivity contribution in [2.24, 2.45) is 0 Å². The second-order valence-electron chi connectivity index (χ2n) is 2.17. The zero-order valence-corrected chi connectivity index (χ0v) is 6.58. The lowest BCUT2D eigenvalue weighted by Crippen LogP contribution is -1.98. The maximum Gasteiger partial charge on any atom is 0.314 e. The van der Waals surface area contributed by atoms with E-state index in [1.54, 1.807) is 0 Å². The zero-order valence-electron chi connectivity index (χ0n) is 6.58. The van der Waals surface area contributed by atoms with Crippen LogP contribution in [0.1, 0.15) is 0 Å². The van der Waals surface area contributed by atoms with E-state index in [2.05, 4.69) is 4.74 Å². The van der Waals surface area contributed by atoms with Crippen molar-refractivity contribution in [2.45, 2.75) is 0 Å². The Morgan fingerprint density at radius 3 is 2.54 bits per heavy atom. The van der Waals surface area contributed by atoms with Crippen LogP contribution >= 0.6 is 0 Å². The third-order valence-electron chi connectivity index (χ3n) is 1.43. The first-order chi connectivity index (χ1) is 6.07. The molecule has 0 bridgehead atoms. The largest absolute Gasteiger partial charge is 0.488 e. The second kappa shape index (κ2) is 3.34. The molecule has 0 saturated carbocycles. The van der Waals surface area contributed by atoms with Crippen molar-refractivity contribution >= 4 is 5.69 Å². The molecule has 1 aromatic carbocycles. The van der Waals surface area contributed by atoms with Crippen LogP contribution in [0.3, 0.4) is 0 Å². The van der Waals surface area contributed by atoms with E-state index in [1.165, 1.54) is 0 Å². The van der Waals surface area contributed by atoms with Gasteiger partial charge in [0.15, 0.2) is 5.82 Å². The number of ether oxygens (including phenoxy) is 1. The molecule has 0 aliphatic rings. The lowest BCUT2D eigenvalue weighted by Gasteiger charge is -2.02. The topological polar surface area (TPSA) is 52.4 Å². The molecule has 0 aliphatic heterocycles. The minimum atomic E-state index is -1.35. The summed E-state index contributed by atoms with van der Waals surface area (Å²) in [5.41, 5.74) is -0.596. The van der Waals surface area contributed by atoms with E-state index in [-0.39, 0.29) is 0 Å². The monoisotopic (exact) mass is 189 g/mol. The van der Waals surface area contributed by atoms with Gasteiger partial charge in [0.2, 0.25) is 11.6 Å². The summed E-state index contributed by atoms with van der Waals surface area (Å²) in [5, 5.41) is 10.3. The van der Waals surface area contributed by atoms with Gasteiger partial charge in [-0.05, 0) is 6.07 Å². The Morgan fingerprint density at radius 2 is 2.08 bits per heavy atom. The van der Waals surface area contributed by atoms with Crippen LogP contribution in [0.25, 0.3) is 0 Å². The first kappa shape index (κ1) is 9.37. The van der Waals surface area contributed by atoms with Crippen LogP contribution < -0.4 is 4.74 Å². The first-order valence-electron chi connectivity index (χ1n) is 3.24. The van der Waals surface area contributed by atoms with Gasteiger partial charge in [-0.3, -0.25) is 10.1 Å². The van der Waals surface area contributed by atoms with Crippen LogP contribution in [-0.2, 0) is 0 Å². The van der Waals surface area contributed by atoms with Crippen LogP contribution in [0, 0.1) is 21.7 Å². The Morgan fingerprint density at radius 1 is 1.46 bits per heavy atom. The number of nitro groups is 1. The lowest BCUT2D eigenvalue weighted by atomic mass is 10.3. The Hall–Kier alpha value is -1.72. The molecule has 0 fully saturated rings. The molecule has 0 amide bonds. The predicted octanol–water partition coefficient (Wildman–Crippen LogP) is 1.88. The molecular formula is C7H5F2NO3. The quantitative estimate of drug-likeness (QED) is 0.527. The third kappa shape index (κ3) is 1.56. The number of benzene rings is 1. The van der Waals surface area contributed by atoms with Gasteiger partial charge in [0.25, 0.3) is 0 Å². The molecule has 0 spiro atoms. The van der Waals surface area contributed by atoms with Gasteiger partial charge in [0, 0.05) is 6.07 Å². The maximum atomic E-state index is 12.8. The number of nitro benzene ring substituents is 1. The Bertz CT molecular complexity index is 354. The van der Waals surface area contributed by atoms with Crippen molar-refractivity contribution in [1.82, 2.24) is 0 Å². The number of hydrogen-bond acceptors (Lipinski definition) is 3. The predicted molar refractivity (Wildman–Crippen MR) is 39.6 cm³/mol.